The second-order valence-corrected chi connectivity index (χ2v) is 6.70. The van der Waals surface area contributed by atoms with Gasteiger partial charge in [-0.05, 0) is 52.3 Å². The van der Waals surface area contributed by atoms with Crippen LogP contribution in [0.3, 0.4) is 0 Å². The summed E-state index contributed by atoms with van der Waals surface area (Å²) in [6, 6.07) is 2.35. The Kier molecular flexibility index (Phi) is 4.85. The Morgan fingerprint density at radius 3 is 2.30 bits per heavy atom. The predicted molar refractivity (Wildman–Crippen MR) is 88.8 cm³/mol. The van der Waals surface area contributed by atoms with Gasteiger partial charge in [-0.2, -0.15) is 0 Å². The van der Waals surface area contributed by atoms with Crippen molar-refractivity contribution < 1.29 is 18.1 Å². The smallest absolute Gasteiger partial charge is 0.400 e. The van der Waals surface area contributed by atoms with Crippen molar-refractivity contribution in [1.82, 2.24) is 5.32 Å². The molecule has 0 bridgehead atoms. The Labute approximate surface area is 136 Å². The van der Waals surface area contributed by atoms with Gasteiger partial charge in [0.25, 0.3) is 0 Å². The molecule has 0 amide bonds. The molecule has 0 aromatic heterocycles. The molecule has 0 atom stereocenters. The fraction of sp³-hybridized carbons (Fsp3) is 0.500. The normalized spacial score (nSPS) is 20.1. The van der Waals surface area contributed by atoms with Crippen LogP contribution < -0.4 is 11.1 Å². The van der Waals surface area contributed by atoms with E-state index < -0.39 is 30.0 Å². The fourth-order valence-electron chi connectivity index (χ4n) is 2.31. The third-order valence-corrected chi connectivity index (χ3v) is 4.43. The van der Waals surface area contributed by atoms with Crippen molar-refractivity contribution in [2.45, 2.75) is 38.9 Å². The summed E-state index contributed by atoms with van der Waals surface area (Å²) >= 11 is 0. The summed E-state index contributed by atoms with van der Waals surface area (Å²) in [5.41, 5.74) is 5.56. The van der Waals surface area contributed by atoms with Crippen molar-refractivity contribution in [2.75, 3.05) is 19.3 Å². The third kappa shape index (κ3) is 3.41. The van der Waals surface area contributed by atoms with Crippen molar-refractivity contribution in [3.8, 4) is 0 Å². The Bertz CT molecular complexity index is 617. The van der Waals surface area contributed by atoms with Crippen molar-refractivity contribution in [1.29, 1.82) is 0 Å². The molecule has 3 N–H and O–H groups in total. The second-order valence-electron chi connectivity index (χ2n) is 6.70. The molecule has 0 saturated carbocycles. The van der Waals surface area contributed by atoms with Gasteiger partial charge in [-0.25, -0.2) is 8.78 Å². The highest BCUT2D eigenvalue weighted by atomic mass is 19.2. The van der Waals surface area contributed by atoms with Gasteiger partial charge in [-0.3, -0.25) is 0 Å². The van der Waals surface area contributed by atoms with Crippen LogP contribution in [0, 0.1) is 11.6 Å². The van der Waals surface area contributed by atoms with E-state index in [2.05, 4.69) is 5.32 Å². The molecule has 1 aliphatic heterocycles. The second kappa shape index (κ2) is 6.22. The van der Waals surface area contributed by atoms with Crippen LogP contribution >= 0.6 is 0 Å². The molecule has 1 saturated heterocycles. The fourth-order valence-corrected chi connectivity index (χ4v) is 2.31. The van der Waals surface area contributed by atoms with Crippen LogP contribution in [0.2, 0.25) is 0 Å². The van der Waals surface area contributed by atoms with Gasteiger partial charge in [0.15, 0.2) is 11.6 Å². The summed E-state index contributed by atoms with van der Waals surface area (Å²) in [4.78, 5) is 0. The van der Waals surface area contributed by atoms with Crippen LogP contribution in [0.15, 0.2) is 17.6 Å². The maximum atomic E-state index is 14.1. The average Bonchev–Trinajstić information content (AvgIpc) is 2.66. The van der Waals surface area contributed by atoms with E-state index in [4.69, 9.17) is 15.0 Å². The SMILES string of the molecule is CNCC(=Cc1c(N)ccc(F)c1F)B1OC(C)(C)C(C)(C)O1. The van der Waals surface area contributed by atoms with E-state index in [-0.39, 0.29) is 11.3 Å². The lowest BCUT2D eigenvalue weighted by Gasteiger charge is -2.32. The van der Waals surface area contributed by atoms with Crippen LogP contribution in [0.25, 0.3) is 6.08 Å². The Balaban J connectivity index is 2.43. The summed E-state index contributed by atoms with van der Waals surface area (Å²) < 4.78 is 39.5. The Morgan fingerprint density at radius 2 is 1.78 bits per heavy atom. The molecular formula is C16H23BF2N2O2. The summed E-state index contributed by atoms with van der Waals surface area (Å²) in [7, 11) is 1.10. The predicted octanol–water partition coefficient (Wildman–Crippen LogP) is 2.78. The minimum Gasteiger partial charge on any atom is -0.400 e. The first-order chi connectivity index (χ1) is 10.6. The van der Waals surface area contributed by atoms with Crippen molar-refractivity contribution in [2.24, 2.45) is 0 Å². The minimum absolute atomic E-state index is 0.00459. The van der Waals surface area contributed by atoms with Gasteiger partial charge in [0.2, 0.25) is 0 Å². The quantitative estimate of drug-likeness (QED) is 0.660. The molecule has 4 nitrogen and oxygen atoms in total. The van der Waals surface area contributed by atoms with Crippen LogP contribution in [0.4, 0.5) is 14.5 Å². The Morgan fingerprint density at radius 1 is 1.22 bits per heavy atom. The number of rotatable bonds is 4. The van der Waals surface area contributed by atoms with Crippen LogP contribution in [-0.2, 0) is 9.31 Å². The minimum atomic E-state index is -0.977. The number of nitrogens with one attached hydrogen (secondary N) is 1. The number of anilines is 1. The zero-order valence-electron chi connectivity index (χ0n) is 14.2. The molecule has 0 spiro atoms. The van der Waals surface area contributed by atoms with E-state index in [1.54, 1.807) is 7.05 Å². The number of halogens is 2. The lowest BCUT2D eigenvalue weighted by Crippen LogP contribution is -2.41. The first kappa shape index (κ1) is 17.9. The van der Waals surface area contributed by atoms with Crippen LogP contribution in [0.1, 0.15) is 33.3 Å². The van der Waals surface area contributed by atoms with Crippen molar-refractivity contribution >= 4 is 18.9 Å². The van der Waals surface area contributed by atoms with Gasteiger partial charge >= 0.3 is 7.12 Å². The molecule has 1 aromatic rings. The molecule has 23 heavy (non-hydrogen) atoms. The molecule has 1 heterocycles. The highest BCUT2D eigenvalue weighted by Crippen LogP contribution is 2.39. The average molecular weight is 324 g/mol. The third-order valence-electron chi connectivity index (χ3n) is 4.43. The van der Waals surface area contributed by atoms with E-state index in [0.29, 0.717) is 12.0 Å². The monoisotopic (exact) mass is 324 g/mol. The zero-order valence-corrected chi connectivity index (χ0v) is 14.2. The summed E-state index contributed by atoms with van der Waals surface area (Å²) in [6.07, 6.45) is 1.49. The first-order valence-corrected chi connectivity index (χ1v) is 7.53. The highest BCUT2D eigenvalue weighted by molar-refractivity contribution is 6.56. The van der Waals surface area contributed by atoms with Gasteiger partial charge in [-0.15, -0.1) is 0 Å². The number of benzene rings is 1. The molecule has 7 heteroatoms. The molecular weight excluding hydrogens is 301 g/mol. The zero-order chi connectivity index (χ0) is 17.4. The summed E-state index contributed by atoms with van der Waals surface area (Å²) in [5.74, 6) is -1.92. The molecule has 2 rings (SSSR count). The maximum Gasteiger partial charge on any atom is 0.491 e. The van der Waals surface area contributed by atoms with Gasteiger partial charge in [0.1, 0.15) is 0 Å². The van der Waals surface area contributed by atoms with Gasteiger partial charge in [0.05, 0.1) is 11.2 Å². The number of hydrogen-bond donors (Lipinski definition) is 2. The van der Waals surface area contributed by atoms with E-state index in [9.17, 15) is 8.78 Å². The van der Waals surface area contributed by atoms with Crippen LogP contribution in [0.5, 0.6) is 0 Å². The van der Waals surface area contributed by atoms with E-state index in [1.807, 2.05) is 27.7 Å². The van der Waals surface area contributed by atoms with Crippen molar-refractivity contribution in [3.05, 3.63) is 34.8 Å². The number of hydrogen-bond acceptors (Lipinski definition) is 4. The van der Waals surface area contributed by atoms with E-state index >= 15 is 0 Å². The van der Waals surface area contributed by atoms with Gasteiger partial charge in [-0.1, -0.05) is 6.08 Å². The van der Waals surface area contributed by atoms with Crippen LogP contribution in [-0.4, -0.2) is 31.9 Å². The molecule has 0 radical (unpaired) electrons. The topological polar surface area (TPSA) is 56.5 Å². The molecule has 1 aliphatic rings. The lowest BCUT2D eigenvalue weighted by molar-refractivity contribution is 0.00578. The first-order valence-electron chi connectivity index (χ1n) is 7.53. The highest BCUT2D eigenvalue weighted by Gasteiger charge is 2.52. The lowest BCUT2D eigenvalue weighted by atomic mass is 9.77. The van der Waals surface area contributed by atoms with Gasteiger partial charge < -0.3 is 20.4 Å². The molecule has 126 valence electrons. The molecule has 1 fully saturated rings. The number of likely N-dealkylation sites (N-methyl/N-ethyl adjacent to an activating group) is 1. The summed E-state index contributed by atoms with van der Waals surface area (Å²) in [6.45, 7) is 8.12. The van der Waals surface area contributed by atoms with Crippen molar-refractivity contribution in [3.63, 3.8) is 0 Å². The maximum absolute atomic E-state index is 14.1. The summed E-state index contributed by atoms with van der Waals surface area (Å²) in [5, 5.41) is 2.99. The Hall–Kier alpha value is -1.44. The molecule has 1 aromatic carbocycles. The largest absolute Gasteiger partial charge is 0.491 e. The standard InChI is InChI=1S/C16H23BF2N2O2/c1-15(2)16(3,4)23-17(22-15)10(9-21-5)8-11-13(20)7-6-12(18)14(11)19/h6-8,21H,9,20H2,1-5H3. The van der Waals surface area contributed by atoms with Gasteiger partial charge in [0, 0.05) is 17.8 Å². The number of nitrogens with two attached hydrogens (primary N) is 1. The molecule has 0 aliphatic carbocycles. The van der Waals surface area contributed by atoms with E-state index in [0.717, 1.165) is 6.07 Å². The van der Waals surface area contributed by atoms with E-state index in [1.165, 1.54) is 12.1 Å². The number of nitrogen functional groups attached to an aromatic ring is 1. The molecule has 0 unspecified atom stereocenters.